The summed E-state index contributed by atoms with van der Waals surface area (Å²) in [7, 11) is 1.46. The Hall–Kier alpha value is -3.06. The van der Waals surface area contributed by atoms with Crippen LogP contribution in [0.4, 0.5) is 5.69 Å². The molecule has 4 aliphatic rings. The first-order chi connectivity index (χ1) is 17.6. The summed E-state index contributed by atoms with van der Waals surface area (Å²) in [6, 6.07) is 18.4. The van der Waals surface area contributed by atoms with Crippen LogP contribution in [0.25, 0.3) is 0 Å². The van der Waals surface area contributed by atoms with E-state index < -0.39 is 45.3 Å². The molecule has 6 nitrogen and oxygen atoms in total. The van der Waals surface area contributed by atoms with Gasteiger partial charge in [0.2, 0.25) is 17.7 Å². The third kappa shape index (κ3) is 3.03. The summed E-state index contributed by atoms with van der Waals surface area (Å²) in [5.74, 6) is -3.18. The van der Waals surface area contributed by atoms with E-state index in [0.717, 1.165) is 4.90 Å². The lowest BCUT2D eigenvalue weighted by molar-refractivity contribution is -0.146. The van der Waals surface area contributed by atoms with Gasteiger partial charge in [-0.1, -0.05) is 60.1 Å². The topological polar surface area (TPSA) is 75.7 Å². The molecule has 0 saturated carbocycles. The number of anilines is 1. The van der Waals surface area contributed by atoms with Gasteiger partial charge in [0.25, 0.3) is 0 Å². The first kappa shape index (κ1) is 24.3. The molecule has 0 radical (unpaired) electrons. The maximum atomic E-state index is 14.0. The summed E-state index contributed by atoms with van der Waals surface area (Å²) in [6.07, 6.45) is 0. The smallest absolute Gasteiger partial charge is 0.247 e. The molecule has 1 N–H and O–H groups in total. The molecule has 1 saturated heterocycles. The summed E-state index contributed by atoms with van der Waals surface area (Å²) in [4.78, 5) is 39.8. The first-order valence-corrected chi connectivity index (χ1v) is 12.9. The second kappa shape index (κ2) is 8.22. The summed E-state index contributed by atoms with van der Waals surface area (Å²) in [5.41, 5.74) is 3.14. The largest absolute Gasteiger partial charge is 0.495 e. The second-order valence-corrected chi connectivity index (χ2v) is 11.2. The molecule has 0 spiro atoms. The fourth-order valence-electron chi connectivity index (χ4n) is 6.20. The Morgan fingerprint density at radius 1 is 0.892 bits per heavy atom. The fraction of sp³-hybridized carbons (Fsp3) is 0.250. The molecular weight excluding hydrogens is 535 g/mol. The fourth-order valence-corrected chi connectivity index (χ4v) is 7.47. The average Bonchev–Trinajstić information content (AvgIpc) is 3.18. The van der Waals surface area contributed by atoms with E-state index in [9.17, 15) is 14.4 Å². The number of ether oxygens (including phenoxy) is 1. The van der Waals surface area contributed by atoms with Crippen LogP contribution < -0.4 is 10.1 Å². The molecule has 37 heavy (non-hydrogen) atoms. The zero-order valence-corrected chi connectivity index (χ0v) is 22.1. The van der Waals surface area contributed by atoms with E-state index in [0.29, 0.717) is 38.7 Å². The standard InChI is InChI=1S/C28H21Cl3N2O4/c1-14(24(34)32-20-13-15(29)11-12-21(20)37-2)33-25(35)22-23(26(33)36)28(31)17-8-4-3-7-16(17)27(22,30)18-9-5-6-10-19(18)28/h3-14,22-23H,1-2H3,(H,32,34)/t14-,22+,23+,27?,28?/m0/s1. The number of alkyl halides is 2. The Labute approximate surface area is 228 Å². The number of likely N-dealkylation sites (tertiary alicyclic amines) is 1. The first-order valence-electron chi connectivity index (χ1n) is 11.7. The zero-order chi connectivity index (χ0) is 26.3. The van der Waals surface area contributed by atoms with Gasteiger partial charge < -0.3 is 10.1 Å². The number of hydrogen-bond acceptors (Lipinski definition) is 4. The van der Waals surface area contributed by atoms with Crippen molar-refractivity contribution in [3.05, 3.63) is 94.0 Å². The van der Waals surface area contributed by atoms with Crippen LogP contribution in [-0.2, 0) is 24.1 Å². The summed E-state index contributed by atoms with van der Waals surface area (Å²) in [5, 5.41) is 3.12. The number of carbonyl (C=O) groups excluding carboxylic acids is 3. The van der Waals surface area contributed by atoms with E-state index in [1.165, 1.54) is 20.1 Å². The van der Waals surface area contributed by atoms with Crippen molar-refractivity contribution in [1.82, 2.24) is 4.90 Å². The van der Waals surface area contributed by atoms with Gasteiger partial charge in [-0.2, -0.15) is 0 Å². The lowest BCUT2D eigenvalue weighted by Crippen LogP contribution is -2.57. The van der Waals surface area contributed by atoms with E-state index in [1.807, 2.05) is 48.5 Å². The number of nitrogens with zero attached hydrogens (tertiary/aromatic N) is 1. The molecule has 1 heterocycles. The van der Waals surface area contributed by atoms with Gasteiger partial charge in [0, 0.05) is 5.02 Å². The number of imide groups is 1. The molecular formula is C28H21Cl3N2O4. The van der Waals surface area contributed by atoms with Crippen LogP contribution in [0.1, 0.15) is 29.2 Å². The molecule has 7 rings (SSSR count). The van der Waals surface area contributed by atoms with Gasteiger partial charge in [0.15, 0.2) is 0 Å². The molecule has 188 valence electrons. The number of hydrogen-bond donors (Lipinski definition) is 1. The zero-order valence-electron chi connectivity index (χ0n) is 19.8. The Balaban J connectivity index is 1.43. The van der Waals surface area contributed by atoms with Gasteiger partial charge in [0.1, 0.15) is 21.5 Å². The number of halogens is 3. The van der Waals surface area contributed by atoms with Crippen LogP contribution in [0, 0.1) is 11.8 Å². The molecule has 1 aliphatic heterocycles. The predicted molar refractivity (Wildman–Crippen MR) is 141 cm³/mol. The minimum atomic E-state index is -1.30. The summed E-state index contributed by atoms with van der Waals surface area (Å²) in [6.45, 7) is 1.50. The SMILES string of the molecule is COc1ccc(Cl)cc1NC(=O)[C@H](C)N1C(=O)[C@H]2[C@H](C1=O)C1(Cl)c3ccccc3C2(Cl)c2ccccc21. The van der Waals surface area contributed by atoms with E-state index in [-0.39, 0.29) is 0 Å². The highest BCUT2D eigenvalue weighted by molar-refractivity contribution is 6.36. The molecule has 3 amide bonds. The van der Waals surface area contributed by atoms with E-state index in [2.05, 4.69) is 5.32 Å². The monoisotopic (exact) mass is 554 g/mol. The minimum absolute atomic E-state index is 0.325. The van der Waals surface area contributed by atoms with Crippen LogP contribution in [0.5, 0.6) is 5.75 Å². The van der Waals surface area contributed by atoms with Crippen molar-refractivity contribution < 1.29 is 19.1 Å². The molecule has 3 aliphatic carbocycles. The third-order valence-electron chi connectivity index (χ3n) is 7.81. The normalized spacial score (nSPS) is 27.9. The van der Waals surface area contributed by atoms with Gasteiger partial charge in [-0.3, -0.25) is 19.3 Å². The number of nitrogens with one attached hydrogen (secondary N) is 1. The highest BCUT2D eigenvalue weighted by Crippen LogP contribution is 2.69. The lowest BCUT2D eigenvalue weighted by atomic mass is 9.54. The van der Waals surface area contributed by atoms with Gasteiger partial charge in [-0.15, -0.1) is 23.2 Å². The minimum Gasteiger partial charge on any atom is -0.495 e. The van der Waals surface area contributed by atoms with Crippen LogP contribution >= 0.6 is 34.8 Å². The number of benzene rings is 3. The highest BCUT2D eigenvalue weighted by Gasteiger charge is 2.73. The van der Waals surface area contributed by atoms with E-state index in [4.69, 9.17) is 39.5 Å². The Kier molecular flexibility index (Phi) is 5.40. The predicted octanol–water partition coefficient (Wildman–Crippen LogP) is 5.27. The molecule has 3 aromatic carbocycles. The molecule has 3 aromatic rings. The van der Waals surface area contributed by atoms with Gasteiger partial charge >= 0.3 is 0 Å². The van der Waals surface area contributed by atoms with Crippen molar-refractivity contribution in [2.75, 3.05) is 12.4 Å². The Bertz CT molecular complexity index is 1380. The molecule has 3 atom stereocenters. The quantitative estimate of drug-likeness (QED) is 0.352. The molecule has 0 aromatic heterocycles. The number of carbonyl (C=O) groups is 3. The lowest BCUT2D eigenvalue weighted by Gasteiger charge is -2.54. The molecule has 2 bridgehead atoms. The molecule has 1 fully saturated rings. The summed E-state index contributed by atoms with van der Waals surface area (Å²) >= 11 is 21.0. The number of methoxy groups -OCH3 is 1. The Morgan fingerprint density at radius 2 is 1.35 bits per heavy atom. The van der Waals surface area contributed by atoms with Crippen LogP contribution in [-0.4, -0.2) is 35.8 Å². The van der Waals surface area contributed by atoms with Gasteiger partial charge in [0.05, 0.1) is 24.6 Å². The number of amides is 3. The number of rotatable bonds is 4. The van der Waals surface area contributed by atoms with Gasteiger partial charge in [-0.05, 0) is 47.4 Å². The average molecular weight is 556 g/mol. The van der Waals surface area contributed by atoms with Crippen molar-refractivity contribution in [2.45, 2.75) is 22.7 Å². The van der Waals surface area contributed by atoms with Crippen LogP contribution in [0.15, 0.2) is 66.7 Å². The van der Waals surface area contributed by atoms with Crippen LogP contribution in [0.2, 0.25) is 5.02 Å². The molecule has 0 unspecified atom stereocenters. The van der Waals surface area contributed by atoms with Crippen LogP contribution in [0.3, 0.4) is 0 Å². The third-order valence-corrected chi connectivity index (χ3v) is 9.33. The van der Waals surface area contributed by atoms with Crippen molar-refractivity contribution in [3.63, 3.8) is 0 Å². The highest BCUT2D eigenvalue weighted by atomic mass is 35.5. The Morgan fingerprint density at radius 3 is 1.78 bits per heavy atom. The van der Waals surface area contributed by atoms with Gasteiger partial charge in [-0.25, -0.2) is 0 Å². The van der Waals surface area contributed by atoms with Crippen molar-refractivity contribution >= 4 is 58.2 Å². The van der Waals surface area contributed by atoms with Crippen molar-refractivity contribution in [3.8, 4) is 5.75 Å². The maximum Gasteiger partial charge on any atom is 0.247 e. The maximum absolute atomic E-state index is 14.0. The molecule has 9 heteroatoms. The summed E-state index contributed by atoms with van der Waals surface area (Å²) < 4.78 is 5.30. The second-order valence-electron chi connectivity index (χ2n) is 9.53. The van der Waals surface area contributed by atoms with E-state index >= 15 is 0 Å². The van der Waals surface area contributed by atoms with E-state index in [1.54, 1.807) is 12.1 Å². The van der Waals surface area contributed by atoms with Crippen molar-refractivity contribution in [2.24, 2.45) is 11.8 Å². The van der Waals surface area contributed by atoms with Crippen molar-refractivity contribution in [1.29, 1.82) is 0 Å².